The monoisotopic (exact) mass is 314 g/mol. The zero-order chi connectivity index (χ0) is 16.4. The van der Waals surface area contributed by atoms with Gasteiger partial charge in [-0.2, -0.15) is 4.98 Å². The number of allylic oxidation sites excluding steroid dienone is 1. The number of hydrogen-bond donors (Lipinski definition) is 2. The minimum absolute atomic E-state index is 0.579. The van der Waals surface area contributed by atoms with Gasteiger partial charge in [0, 0.05) is 23.1 Å². The third kappa shape index (κ3) is 2.99. The number of para-hydroxylation sites is 1. The lowest BCUT2D eigenvalue weighted by Crippen LogP contribution is -2.03. The first-order valence-corrected chi connectivity index (χ1v) is 8.00. The highest BCUT2D eigenvalue weighted by molar-refractivity contribution is 5.69. The van der Waals surface area contributed by atoms with Crippen LogP contribution in [0.2, 0.25) is 0 Å². The average molecular weight is 314 g/mol. The van der Waals surface area contributed by atoms with Gasteiger partial charge >= 0.3 is 0 Å². The first kappa shape index (κ1) is 14.5. The molecule has 0 radical (unpaired) electrons. The van der Waals surface area contributed by atoms with Gasteiger partial charge in [-0.05, 0) is 48.7 Å². The van der Waals surface area contributed by atoms with Crippen LogP contribution in [0.4, 0.5) is 23.1 Å². The van der Waals surface area contributed by atoms with Crippen LogP contribution in [0, 0.1) is 6.92 Å². The summed E-state index contributed by atoms with van der Waals surface area (Å²) in [7, 11) is 0. The van der Waals surface area contributed by atoms with Crippen LogP contribution in [-0.4, -0.2) is 9.97 Å². The molecule has 2 N–H and O–H groups in total. The molecule has 24 heavy (non-hydrogen) atoms. The number of hydrogen-bond acceptors (Lipinski definition) is 4. The van der Waals surface area contributed by atoms with Crippen LogP contribution in [0.3, 0.4) is 0 Å². The van der Waals surface area contributed by atoms with Crippen LogP contribution in [0.1, 0.15) is 16.7 Å². The second-order valence-electron chi connectivity index (χ2n) is 5.86. The van der Waals surface area contributed by atoms with Gasteiger partial charge in [0.1, 0.15) is 5.82 Å². The zero-order valence-corrected chi connectivity index (χ0v) is 13.5. The van der Waals surface area contributed by atoms with Gasteiger partial charge in [0.15, 0.2) is 0 Å². The molecular weight excluding hydrogens is 296 g/mol. The molecule has 3 aromatic rings. The van der Waals surface area contributed by atoms with Crippen LogP contribution in [-0.2, 0) is 6.42 Å². The van der Waals surface area contributed by atoms with Gasteiger partial charge in [0.05, 0.1) is 0 Å². The number of fused-ring (bicyclic) bond motifs is 1. The van der Waals surface area contributed by atoms with Gasteiger partial charge in [-0.15, -0.1) is 0 Å². The number of anilines is 4. The molecule has 0 unspecified atom stereocenters. The van der Waals surface area contributed by atoms with Crippen molar-refractivity contribution in [3.05, 3.63) is 77.5 Å². The molecule has 0 atom stereocenters. The van der Waals surface area contributed by atoms with Gasteiger partial charge in [-0.3, -0.25) is 0 Å². The Labute approximate surface area is 141 Å². The Morgan fingerprint density at radius 3 is 2.71 bits per heavy atom. The van der Waals surface area contributed by atoms with Crippen molar-refractivity contribution in [2.24, 2.45) is 0 Å². The number of benzene rings is 2. The molecule has 0 amide bonds. The molecule has 1 aliphatic carbocycles. The van der Waals surface area contributed by atoms with E-state index >= 15 is 0 Å². The lowest BCUT2D eigenvalue weighted by atomic mass is 10.1. The van der Waals surface area contributed by atoms with Crippen molar-refractivity contribution in [2.75, 3.05) is 10.6 Å². The molecular formula is C20H18N4. The quantitative estimate of drug-likeness (QED) is 0.723. The van der Waals surface area contributed by atoms with Gasteiger partial charge in [-0.1, -0.05) is 36.4 Å². The summed E-state index contributed by atoms with van der Waals surface area (Å²) in [6, 6.07) is 16.3. The SMILES string of the molecule is Cc1cnc(Nc2ccccc2)nc1Nc1ccc2c(c1)C=CC2. The Balaban J connectivity index is 1.58. The summed E-state index contributed by atoms with van der Waals surface area (Å²) in [5, 5.41) is 6.63. The average Bonchev–Trinajstić information content (AvgIpc) is 3.06. The Hall–Kier alpha value is -3.14. The minimum Gasteiger partial charge on any atom is -0.340 e. The number of aryl methyl sites for hydroxylation is 1. The third-order valence-corrected chi connectivity index (χ3v) is 4.05. The molecule has 0 spiro atoms. The molecule has 1 aliphatic rings. The second-order valence-corrected chi connectivity index (χ2v) is 5.86. The normalized spacial score (nSPS) is 12.0. The molecule has 0 fully saturated rings. The summed E-state index contributed by atoms with van der Waals surface area (Å²) in [6.07, 6.45) is 7.20. The van der Waals surface area contributed by atoms with E-state index in [1.807, 2.05) is 43.5 Å². The topological polar surface area (TPSA) is 49.8 Å². The minimum atomic E-state index is 0.579. The van der Waals surface area contributed by atoms with Crippen LogP contribution >= 0.6 is 0 Å². The Kier molecular flexibility index (Phi) is 3.71. The highest BCUT2D eigenvalue weighted by atomic mass is 15.1. The molecule has 1 heterocycles. The van der Waals surface area contributed by atoms with Crippen molar-refractivity contribution in [1.29, 1.82) is 0 Å². The summed E-state index contributed by atoms with van der Waals surface area (Å²) in [5.41, 5.74) is 5.65. The molecule has 4 heteroatoms. The predicted octanol–water partition coefficient (Wildman–Crippen LogP) is 4.84. The van der Waals surface area contributed by atoms with E-state index in [4.69, 9.17) is 0 Å². The lowest BCUT2D eigenvalue weighted by Gasteiger charge is -2.12. The first-order valence-electron chi connectivity index (χ1n) is 8.00. The summed E-state index contributed by atoms with van der Waals surface area (Å²) in [5.74, 6) is 1.39. The second kappa shape index (κ2) is 6.16. The number of rotatable bonds is 4. The highest BCUT2D eigenvalue weighted by Crippen LogP contribution is 2.26. The van der Waals surface area contributed by atoms with Crippen LogP contribution in [0.25, 0.3) is 6.08 Å². The molecule has 0 saturated heterocycles. The first-order chi connectivity index (χ1) is 11.8. The number of nitrogens with one attached hydrogen (secondary N) is 2. The fraction of sp³-hybridized carbons (Fsp3) is 0.100. The third-order valence-electron chi connectivity index (χ3n) is 4.05. The van der Waals surface area contributed by atoms with Crippen LogP contribution in [0.15, 0.2) is 60.8 Å². The summed E-state index contributed by atoms with van der Waals surface area (Å²) < 4.78 is 0. The molecule has 4 rings (SSSR count). The number of aromatic nitrogens is 2. The Bertz CT molecular complexity index is 901. The van der Waals surface area contributed by atoms with Gasteiger partial charge in [0.25, 0.3) is 0 Å². The standard InChI is InChI=1S/C20H18N4/c1-14-13-21-20(23-17-8-3-2-4-9-17)24-19(14)22-18-11-10-15-6-5-7-16(15)12-18/h2-5,7-13H,6H2,1H3,(H2,21,22,23,24). The van der Waals surface area contributed by atoms with E-state index in [1.54, 1.807) is 0 Å². The van der Waals surface area contributed by atoms with Crippen molar-refractivity contribution < 1.29 is 0 Å². The van der Waals surface area contributed by atoms with E-state index in [9.17, 15) is 0 Å². The van der Waals surface area contributed by atoms with Crippen LogP contribution < -0.4 is 10.6 Å². The predicted molar refractivity (Wildman–Crippen MR) is 99.0 cm³/mol. The number of nitrogens with zero attached hydrogens (tertiary/aromatic N) is 2. The Morgan fingerprint density at radius 2 is 1.83 bits per heavy atom. The molecule has 2 aromatic carbocycles. The van der Waals surface area contributed by atoms with Gasteiger partial charge < -0.3 is 10.6 Å². The smallest absolute Gasteiger partial charge is 0.229 e. The highest BCUT2D eigenvalue weighted by Gasteiger charge is 2.08. The molecule has 118 valence electrons. The summed E-state index contributed by atoms with van der Waals surface area (Å²) in [6.45, 7) is 2.00. The summed E-state index contributed by atoms with van der Waals surface area (Å²) in [4.78, 5) is 8.97. The van der Waals surface area contributed by atoms with E-state index in [2.05, 4.69) is 51.0 Å². The Morgan fingerprint density at radius 1 is 0.958 bits per heavy atom. The maximum atomic E-state index is 4.61. The fourth-order valence-electron chi connectivity index (χ4n) is 2.74. The van der Waals surface area contributed by atoms with E-state index < -0.39 is 0 Å². The fourth-order valence-corrected chi connectivity index (χ4v) is 2.74. The van der Waals surface area contributed by atoms with Gasteiger partial charge in [0.2, 0.25) is 5.95 Å². The molecule has 0 bridgehead atoms. The van der Waals surface area contributed by atoms with Crippen molar-refractivity contribution in [3.8, 4) is 0 Å². The van der Waals surface area contributed by atoms with Crippen LogP contribution in [0.5, 0.6) is 0 Å². The zero-order valence-electron chi connectivity index (χ0n) is 13.5. The molecule has 0 aliphatic heterocycles. The molecule has 0 saturated carbocycles. The van der Waals surface area contributed by atoms with Gasteiger partial charge in [-0.25, -0.2) is 4.98 Å². The molecule has 1 aromatic heterocycles. The van der Waals surface area contributed by atoms with E-state index in [1.165, 1.54) is 11.1 Å². The maximum Gasteiger partial charge on any atom is 0.229 e. The largest absolute Gasteiger partial charge is 0.340 e. The van der Waals surface area contributed by atoms with Crippen molar-refractivity contribution >= 4 is 29.2 Å². The lowest BCUT2D eigenvalue weighted by molar-refractivity contribution is 1.13. The van der Waals surface area contributed by atoms with Crippen molar-refractivity contribution in [2.45, 2.75) is 13.3 Å². The van der Waals surface area contributed by atoms with Crippen molar-refractivity contribution in [1.82, 2.24) is 9.97 Å². The molecule has 4 nitrogen and oxygen atoms in total. The van der Waals surface area contributed by atoms with E-state index in [-0.39, 0.29) is 0 Å². The van der Waals surface area contributed by atoms with E-state index in [0.29, 0.717) is 5.95 Å². The van der Waals surface area contributed by atoms with E-state index in [0.717, 1.165) is 29.2 Å². The maximum absolute atomic E-state index is 4.61. The van der Waals surface area contributed by atoms with Crippen molar-refractivity contribution in [3.63, 3.8) is 0 Å². The summed E-state index contributed by atoms with van der Waals surface area (Å²) >= 11 is 0.